The molecule has 0 aromatic rings. The predicted octanol–water partition coefficient (Wildman–Crippen LogP) is 5.74. The van der Waals surface area contributed by atoms with E-state index in [9.17, 15) is 0 Å². The Labute approximate surface area is 133 Å². The number of thioether (sulfide) groups is 1. The maximum Gasteiger partial charge on any atom is 0.0782 e. The molecular weight excluding hydrogens is 262 g/mol. The highest BCUT2D eigenvalue weighted by atomic mass is 32.2. The fourth-order valence-electron chi connectivity index (χ4n) is 2.72. The van der Waals surface area contributed by atoms with Crippen molar-refractivity contribution in [1.29, 1.82) is 0 Å². The first kappa shape index (κ1) is 20.3. The molecule has 0 heterocycles. The molecule has 0 aromatic carbocycles. The molecule has 0 aliphatic rings. The molecule has 0 unspecified atom stereocenters. The van der Waals surface area contributed by atoms with Crippen molar-refractivity contribution >= 4 is 11.8 Å². The molecule has 1 nitrogen and oxygen atoms in total. The minimum absolute atomic E-state index is 1.23. The second-order valence-corrected chi connectivity index (χ2v) is 7.90. The predicted molar refractivity (Wildman–Crippen MR) is 96.7 cm³/mol. The first-order valence-electron chi connectivity index (χ1n) is 8.93. The van der Waals surface area contributed by atoms with Crippen LogP contribution in [-0.2, 0) is 0 Å². The smallest absolute Gasteiger partial charge is 0.0782 e. The van der Waals surface area contributed by atoms with Crippen LogP contribution in [0.1, 0.15) is 77.6 Å². The van der Waals surface area contributed by atoms with Gasteiger partial charge in [0.2, 0.25) is 0 Å². The second-order valence-electron chi connectivity index (χ2n) is 6.91. The summed E-state index contributed by atoms with van der Waals surface area (Å²) in [6.07, 6.45) is 18.0. The summed E-state index contributed by atoms with van der Waals surface area (Å²) in [5.41, 5.74) is 0. The van der Waals surface area contributed by atoms with Gasteiger partial charge in [-0.15, -0.1) is 0 Å². The fourth-order valence-corrected chi connectivity index (χ4v) is 3.21. The maximum atomic E-state index is 2.39. The van der Waals surface area contributed by atoms with Crippen molar-refractivity contribution < 1.29 is 4.48 Å². The topological polar surface area (TPSA) is 0 Å². The van der Waals surface area contributed by atoms with E-state index in [0.29, 0.717) is 0 Å². The summed E-state index contributed by atoms with van der Waals surface area (Å²) < 4.78 is 1.23. The van der Waals surface area contributed by atoms with Crippen LogP contribution in [0, 0.1) is 0 Å². The summed E-state index contributed by atoms with van der Waals surface area (Å²) in [6, 6.07) is 0. The summed E-state index contributed by atoms with van der Waals surface area (Å²) in [5, 5.41) is 0. The highest BCUT2D eigenvalue weighted by molar-refractivity contribution is 7.98. The molecule has 0 aliphatic carbocycles. The van der Waals surface area contributed by atoms with Gasteiger partial charge in [0.25, 0.3) is 0 Å². The molecule has 20 heavy (non-hydrogen) atoms. The van der Waals surface area contributed by atoms with Crippen LogP contribution in [0.2, 0.25) is 0 Å². The van der Waals surface area contributed by atoms with Crippen molar-refractivity contribution in [2.75, 3.05) is 39.2 Å². The number of nitrogens with zero attached hydrogens (tertiary/aromatic N) is 1. The van der Waals surface area contributed by atoms with Gasteiger partial charge in [0.1, 0.15) is 0 Å². The van der Waals surface area contributed by atoms with Gasteiger partial charge in [-0.05, 0) is 37.7 Å². The van der Waals surface area contributed by atoms with Crippen LogP contribution in [-0.4, -0.2) is 43.7 Å². The number of rotatable bonds is 15. The van der Waals surface area contributed by atoms with E-state index in [0.717, 1.165) is 0 Å². The van der Waals surface area contributed by atoms with Crippen LogP contribution < -0.4 is 0 Å². The maximum absolute atomic E-state index is 2.39. The molecule has 0 fully saturated rings. The monoisotopic (exact) mass is 302 g/mol. The highest BCUT2D eigenvalue weighted by Crippen LogP contribution is 2.12. The highest BCUT2D eigenvalue weighted by Gasteiger charge is 2.12. The van der Waals surface area contributed by atoms with Gasteiger partial charge in [0, 0.05) is 0 Å². The quantitative estimate of drug-likeness (QED) is 0.275. The van der Waals surface area contributed by atoms with Gasteiger partial charge >= 0.3 is 0 Å². The second kappa shape index (κ2) is 14.3. The third-order valence-electron chi connectivity index (χ3n) is 4.23. The van der Waals surface area contributed by atoms with E-state index in [-0.39, 0.29) is 0 Å². The van der Waals surface area contributed by atoms with Crippen LogP contribution >= 0.6 is 11.8 Å². The standard InChI is InChI=1S/C18H40NS/c1-5-6-16-19(2,3)17-14-12-10-8-7-9-11-13-15-18-20-4/h5-18H2,1-4H3/q+1. The molecule has 0 spiro atoms. The minimum Gasteiger partial charge on any atom is -0.328 e. The lowest BCUT2D eigenvalue weighted by Crippen LogP contribution is -2.41. The van der Waals surface area contributed by atoms with E-state index in [1.165, 1.54) is 94.0 Å². The molecular formula is C18H40NS+. The molecule has 0 radical (unpaired) electrons. The zero-order chi connectivity index (χ0) is 15.1. The Hall–Kier alpha value is 0.310. The van der Waals surface area contributed by atoms with Gasteiger partial charge in [-0.2, -0.15) is 11.8 Å². The molecule has 2 heteroatoms. The first-order chi connectivity index (χ1) is 9.62. The van der Waals surface area contributed by atoms with E-state index < -0.39 is 0 Å². The molecule has 0 rings (SSSR count). The molecule has 0 saturated carbocycles. The van der Waals surface area contributed by atoms with Crippen LogP contribution in [0.5, 0.6) is 0 Å². The Balaban J connectivity index is 3.20. The van der Waals surface area contributed by atoms with E-state index in [2.05, 4.69) is 27.3 Å². The Morgan fingerprint density at radius 1 is 0.650 bits per heavy atom. The lowest BCUT2D eigenvalue weighted by atomic mass is 10.1. The lowest BCUT2D eigenvalue weighted by molar-refractivity contribution is -0.890. The molecule has 122 valence electrons. The molecule has 0 amide bonds. The molecule has 0 saturated heterocycles. The summed E-state index contributed by atoms with van der Waals surface area (Å²) in [6.45, 7) is 5.02. The van der Waals surface area contributed by atoms with Crippen molar-refractivity contribution in [3.8, 4) is 0 Å². The number of quaternary nitrogens is 1. The number of hydrogen-bond acceptors (Lipinski definition) is 1. The molecule has 0 bridgehead atoms. The lowest BCUT2D eigenvalue weighted by Gasteiger charge is -2.29. The van der Waals surface area contributed by atoms with Gasteiger partial charge in [-0.1, -0.05) is 51.9 Å². The van der Waals surface area contributed by atoms with E-state index >= 15 is 0 Å². The van der Waals surface area contributed by atoms with Crippen LogP contribution in [0.3, 0.4) is 0 Å². The first-order valence-corrected chi connectivity index (χ1v) is 10.3. The Kier molecular flexibility index (Phi) is 14.5. The van der Waals surface area contributed by atoms with Gasteiger partial charge in [0.05, 0.1) is 27.2 Å². The molecule has 0 aromatic heterocycles. The molecule has 0 atom stereocenters. The average molecular weight is 303 g/mol. The van der Waals surface area contributed by atoms with Crippen LogP contribution in [0.4, 0.5) is 0 Å². The van der Waals surface area contributed by atoms with E-state index in [1.54, 1.807) is 0 Å². The zero-order valence-corrected chi connectivity index (χ0v) is 15.6. The Morgan fingerprint density at radius 2 is 1.10 bits per heavy atom. The Bertz CT molecular complexity index is 192. The van der Waals surface area contributed by atoms with Gasteiger partial charge in [-0.3, -0.25) is 0 Å². The summed E-state index contributed by atoms with van der Waals surface area (Å²) >= 11 is 1.98. The minimum atomic E-state index is 1.23. The number of unbranched alkanes of at least 4 members (excludes halogenated alkanes) is 9. The van der Waals surface area contributed by atoms with Crippen molar-refractivity contribution in [1.82, 2.24) is 0 Å². The number of hydrogen-bond donors (Lipinski definition) is 0. The summed E-state index contributed by atoms with van der Waals surface area (Å²) in [5.74, 6) is 1.35. The molecule has 0 N–H and O–H groups in total. The third-order valence-corrected chi connectivity index (χ3v) is 4.93. The third kappa shape index (κ3) is 14.7. The van der Waals surface area contributed by atoms with Crippen molar-refractivity contribution in [3.63, 3.8) is 0 Å². The van der Waals surface area contributed by atoms with Gasteiger partial charge in [0.15, 0.2) is 0 Å². The zero-order valence-electron chi connectivity index (χ0n) is 14.8. The van der Waals surface area contributed by atoms with Crippen LogP contribution in [0.15, 0.2) is 0 Å². The largest absolute Gasteiger partial charge is 0.328 e. The van der Waals surface area contributed by atoms with Crippen molar-refractivity contribution in [3.05, 3.63) is 0 Å². The summed E-state index contributed by atoms with van der Waals surface area (Å²) in [4.78, 5) is 0. The average Bonchev–Trinajstić information content (AvgIpc) is 2.42. The normalized spacial score (nSPS) is 12.0. The molecule has 0 aliphatic heterocycles. The van der Waals surface area contributed by atoms with E-state index in [1.807, 2.05) is 11.8 Å². The Morgan fingerprint density at radius 3 is 1.60 bits per heavy atom. The summed E-state index contributed by atoms with van der Waals surface area (Å²) in [7, 11) is 4.79. The van der Waals surface area contributed by atoms with Crippen LogP contribution in [0.25, 0.3) is 0 Å². The van der Waals surface area contributed by atoms with Crippen molar-refractivity contribution in [2.24, 2.45) is 0 Å². The van der Waals surface area contributed by atoms with E-state index in [4.69, 9.17) is 0 Å². The van der Waals surface area contributed by atoms with Crippen molar-refractivity contribution in [2.45, 2.75) is 77.6 Å². The van der Waals surface area contributed by atoms with Gasteiger partial charge < -0.3 is 4.48 Å². The fraction of sp³-hybridized carbons (Fsp3) is 1.00. The van der Waals surface area contributed by atoms with Gasteiger partial charge in [-0.25, -0.2) is 0 Å². The SMILES string of the molecule is CCCC[N+](C)(C)CCCCCCCCCCCSC.